The van der Waals surface area contributed by atoms with Gasteiger partial charge in [-0.2, -0.15) is 0 Å². The Hall–Kier alpha value is -1.55. The number of hydrogen-bond acceptors (Lipinski definition) is 3. The number of amides is 1. The van der Waals surface area contributed by atoms with Crippen molar-refractivity contribution in [3.05, 3.63) is 28.8 Å². The van der Waals surface area contributed by atoms with Crippen LogP contribution in [0.4, 0.5) is 0 Å². The number of methoxy groups -OCH3 is 1. The van der Waals surface area contributed by atoms with Gasteiger partial charge in [0, 0.05) is 24.1 Å². The average molecular weight is 264 g/mol. The smallest absolute Gasteiger partial charge is 0.222 e. The highest BCUT2D eigenvalue weighted by Crippen LogP contribution is 2.24. The Balaban J connectivity index is 2.75. The van der Waals surface area contributed by atoms with E-state index in [1.165, 1.54) is 0 Å². The zero-order valence-corrected chi connectivity index (χ0v) is 12.5. The lowest BCUT2D eigenvalue weighted by molar-refractivity contribution is -0.122. The van der Waals surface area contributed by atoms with E-state index >= 15 is 0 Å². The molecule has 4 nitrogen and oxygen atoms in total. The molecule has 3 N–H and O–H groups in total. The molecule has 0 atom stereocenters. The van der Waals surface area contributed by atoms with Gasteiger partial charge in [0.1, 0.15) is 5.75 Å². The van der Waals surface area contributed by atoms with E-state index in [0.29, 0.717) is 13.0 Å². The molecule has 1 rings (SSSR count). The van der Waals surface area contributed by atoms with Crippen molar-refractivity contribution in [2.75, 3.05) is 7.11 Å². The molecule has 0 saturated heterocycles. The van der Waals surface area contributed by atoms with Gasteiger partial charge in [-0.3, -0.25) is 4.79 Å². The van der Waals surface area contributed by atoms with Gasteiger partial charge < -0.3 is 15.8 Å². The number of ether oxygens (including phenoxy) is 1. The van der Waals surface area contributed by atoms with Crippen molar-refractivity contribution in [2.45, 2.75) is 46.2 Å². The fourth-order valence-electron chi connectivity index (χ4n) is 2.14. The van der Waals surface area contributed by atoms with E-state index in [9.17, 15) is 4.79 Å². The number of nitrogens with one attached hydrogen (secondary N) is 1. The number of rotatable bonds is 5. The van der Waals surface area contributed by atoms with E-state index in [0.717, 1.165) is 22.4 Å². The first-order chi connectivity index (χ1) is 8.73. The van der Waals surface area contributed by atoms with Gasteiger partial charge >= 0.3 is 0 Å². The van der Waals surface area contributed by atoms with Crippen LogP contribution in [0, 0.1) is 13.8 Å². The summed E-state index contributed by atoms with van der Waals surface area (Å²) in [7, 11) is 1.64. The quantitative estimate of drug-likeness (QED) is 0.855. The summed E-state index contributed by atoms with van der Waals surface area (Å²) in [6.07, 6.45) is 0.306. The molecule has 106 valence electrons. The van der Waals surface area contributed by atoms with Crippen molar-refractivity contribution >= 4 is 5.91 Å². The molecular weight excluding hydrogens is 240 g/mol. The molecule has 0 unspecified atom stereocenters. The molecule has 0 heterocycles. The summed E-state index contributed by atoms with van der Waals surface area (Å²) in [5.41, 5.74) is 8.55. The number of nitrogens with two attached hydrogens (primary N) is 1. The second kappa shape index (κ2) is 6.06. The molecule has 0 aromatic heterocycles. The lowest BCUT2D eigenvalue weighted by atomic mass is 10.0. The monoisotopic (exact) mass is 264 g/mol. The van der Waals surface area contributed by atoms with Crippen LogP contribution in [0.25, 0.3) is 0 Å². The van der Waals surface area contributed by atoms with Crippen molar-refractivity contribution in [1.82, 2.24) is 5.32 Å². The lowest BCUT2D eigenvalue weighted by Crippen LogP contribution is -2.38. The second-order valence-corrected chi connectivity index (χ2v) is 5.72. The zero-order chi connectivity index (χ0) is 14.6. The van der Waals surface area contributed by atoms with Gasteiger partial charge in [-0.15, -0.1) is 0 Å². The maximum atomic E-state index is 11.8. The van der Waals surface area contributed by atoms with E-state index in [2.05, 4.69) is 11.4 Å². The summed E-state index contributed by atoms with van der Waals surface area (Å²) in [5.74, 6) is 0.784. The molecule has 0 aliphatic rings. The summed E-state index contributed by atoms with van der Waals surface area (Å²) in [6.45, 7) is 8.16. The largest absolute Gasteiger partial charge is 0.496 e. The van der Waals surface area contributed by atoms with Gasteiger partial charge in [0.2, 0.25) is 5.91 Å². The highest BCUT2D eigenvalue weighted by Gasteiger charge is 2.16. The summed E-state index contributed by atoms with van der Waals surface area (Å²) >= 11 is 0. The zero-order valence-electron chi connectivity index (χ0n) is 12.5. The van der Waals surface area contributed by atoms with E-state index in [4.69, 9.17) is 10.5 Å². The number of benzene rings is 1. The van der Waals surface area contributed by atoms with Gasteiger partial charge in [-0.25, -0.2) is 0 Å². The number of aryl methyl sites for hydroxylation is 2. The van der Waals surface area contributed by atoms with Crippen molar-refractivity contribution < 1.29 is 9.53 Å². The first-order valence-electron chi connectivity index (χ1n) is 6.42. The van der Waals surface area contributed by atoms with Crippen LogP contribution in [-0.4, -0.2) is 18.6 Å². The van der Waals surface area contributed by atoms with Crippen LogP contribution in [0.2, 0.25) is 0 Å². The van der Waals surface area contributed by atoms with Crippen molar-refractivity contribution in [3.8, 4) is 5.75 Å². The second-order valence-electron chi connectivity index (χ2n) is 5.72. The molecule has 1 aromatic carbocycles. The number of carbonyl (C=O) groups excluding carboxylic acids is 1. The highest BCUT2D eigenvalue weighted by molar-refractivity contribution is 5.77. The van der Waals surface area contributed by atoms with Gasteiger partial charge in [0.25, 0.3) is 0 Å². The Kier molecular flexibility index (Phi) is 4.95. The molecule has 0 saturated carbocycles. The minimum absolute atomic E-state index is 0.0475. The maximum Gasteiger partial charge on any atom is 0.222 e. The average Bonchev–Trinajstić information content (AvgIpc) is 2.23. The molecule has 19 heavy (non-hydrogen) atoms. The van der Waals surface area contributed by atoms with Gasteiger partial charge in [-0.1, -0.05) is 17.7 Å². The fourth-order valence-corrected chi connectivity index (χ4v) is 2.14. The number of hydrogen-bond donors (Lipinski definition) is 2. The Labute approximate surface area is 115 Å². The molecule has 0 aliphatic carbocycles. The van der Waals surface area contributed by atoms with Gasteiger partial charge in [-0.05, 0) is 33.3 Å². The van der Waals surface area contributed by atoms with Crippen LogP contribution in [0.15, 0.2) is 12.1 Å². The van der Waals surface area contributed by atoms with Crippen molar-refractivity contribution in [2.24, 2.45) is 5.73 Å². The minimum Gasteiger partial charge on any atom is -0.496 e. The SMILES string of the molecule is COc1c(C)cc(C)cc1CNC(=O)CC(C)(C)N. The van der Waals surface area contributed by atoms with E-state index in [1.54, 1.807) is 7.11 Å². The highest BCUT2D eigenvalue weighted by atomic mass is 16.5. The summed E-state index contributed by atoms with van der Waals surface area (Å²) < 4.78 is 5.39. The van der Waals surface area contributed by atoms with Crippen LogP contribution in [0.3, 0.4) is 0 Å². The van der Waals surface area contributed by atoms with Crippen LogP contribution in [-0.2, 0) is 11.3 Å². The van der Waals surface area contributed by atoms with E-state index in [1.807, 2.05) is 33.8 Å². The standard InChI is InChI=1S/C15H24N2O2/c1-10-6-11(2)14(19-5)12(7-10)9-17-13(18)8-15(3,4)16/h6-7H,8-9,16H2,1-5H3,(H,17,18). The predicted octanol–water partition coefficient (Wildman–Crippen LogP) is 2.06. The van der Waals surface area contributed by atoms with Gasteiger partial charge in [0.05, 0.1) is 7.11 Å². The first kappa shape index (κ1) is 15.5. The molecule has 0 bridgehead atoms. The van der Waals surface area contributed by atoms with Crippen LogP contribution in [0.1, 0.15) is 37.0 Å². The third-order valence-corrected chi connectivity index (χ3v) is 2.79. The van der Waals surface area contributed by atoms with Crippen LogP contribution < -0.4 is 15.8 Å². The molecule has 1 amide bonds. The Morgan fingerprint density at radius 1 is 1.37 bits per heavy atom. The topological polar surface area (TPSA) is 64.3 Å². The Morgan fingerprint density at radius 2 is 2.00 bits per heavy atom. The van der Waals surface area contributed by atoms with Crippen LogP contribution >= 0.6 is 0 Å². The molecular formula is C15H24N2O2. The first-order valence-corrected chi connectivity index (χ1v) is 6.42. The predicted molar refractivity (Wildman–Crippen MR) is 77.2 cm³/mol. The molecule has 0 aliphatic heterocycles. The van der Waals surface area contributed by atoms with Crippen molar-refractivity contribution in [3.63, 3.8) is 0 Å². The molecule has 1 aromatic rings. The number of carbonyl (C=O) groups is 1. The van der Waals surface area contributed by atoms with E-state index in [-0.39, 0.29) is 5.91 Å². The fraction of sp³-hybridized carbons (Fsp3) is 0.533. The summed E-state index contributed by atoms with van der Waals surface area (Å²) in [5, 5.41) is 2.89. The van der Waals surface area contributed by atoms with Gasteiger partial charge in [0.15, 0.2) is 0 Å². The molecule has 4 heteroatoms. The molecule has 0 spiro atoms. The molecule has 0 fully saturated rings. The molecule has 0 radical (unpaired) electrons. The van der Waals surface area contributed by atoms with E-state index < -0.39 is 5.54 Å². The maximum absolute atomic E-state index is 11.8. The Bertz CT molecular complexity index is 462. The third-order valence-electron chi connectivity index (χ3n) is 2.79. The summed E-state index contributed by atoms with van der Waals surface area (Å²) in [6, 6.07) is 4.09. The normalized spacial score (nSPS) is 11.3. The summed E-state index contributed by atoms with van der Waals surface area (Å²) in [4.78, 5) is 11.8. The van der Waals surface area contributed by atoms with Crippen LogP contribution in [0.5, 0.6) is 5.75 Å². The third kappa shape index (κ3) is 4.91. The van der Waals surface area contributed by atoms with Crippen molar-refractivity contribution in [1.29, 1.82) is 0 Å². The minimum atomic E-state index is -0.489. The lowest BCUT2D eigenvalue weighted by Gasteiger charge is -2.18. The Morgan fingerprint density at radius 3 is 2.53 bits per heavy atom.